The number of ether oxygens (including phenoxy) is 2. The quantitative estimate of drug-likeness (QED) is 0.784. The highest BCUT2D eigenvalue weighted by molar-refractivity contribution is 5.94. The van der Waals surface area contributed by atoms with E-state index in [1.807, 2.05) is 37.3 Å². The molecule has 2 rings (SSSR count). The van der Waals surface area contributed by atoms with Crippen molar-refractivity contribution in [1.82, 2.24) is 5.32 Å². The average Bonchev–Trinajstić information content (AvgIpc) is 2.61. The summed E-state index contributed by atoms with van der Waals surface area (Å²) < 4.78 is 10.2. The summed E-state index contributed by atoms with van der Waals surface area (Å²) in [5.41, 5.74) is 2.37. The van der Waals surface area contributed by atoms with Gasteiger partial charge in [-0.15, -0.1) is 0 Å². The van der Waals surface area contributed by atoms with Gasteiger partial charge >= 0.3 is 5.97 Å². The Hall–Kier alpha value is -2.82. The van der Waals surface area contributed by atoms with Crippen molar-refractivity contribution in [3.05, 3.63) is 65.2 Å². The molecule has 2 aromatic carbocycles. The first-order valence-electron chi connectivity index (χ1n) is 8.20. The molecule has 0 saturated carbocycles. The summed E-state index contributed by atoms with van der Waals surface area (Å²) in [5.74, 6) is 0.130. The second-order valence-corrected chi connectivity index (χ2v) is 5.68. The fourth-order valence-electron chi connectivity index (χ4n) is 2.50. The van der Waals surface area contributed by atoms with Gasteiger partial charge in [-0.05, 0) is 43.7 Å². The lowest BCUT2D eigenvalue weighted by Crippen LogP contribution is -2.30. The van der Waals surface area contributed by atoms with Gasteiger partial charge in [0.25, 0.3) is 5.91 Å². The lowest BCUT2D eigenvalue weighted by molar-refractivity contribution is -0.143. The van der Waals surface area contributed by atoms with E-state index in [1.54, 1.807) is 32.2 Å². The summed E-state index contributed by atoms with van der Waals surface area (Å²) in [5, 5.41) is 2.92. The fraction of sp³-hybridized carbons (Fsp3) is 0.300. The summed E-state index contributed by atoms with van der Waals surface area (Å²) in [6.07, 6.45) is 0.0672. The minimum absolute atomic E-state index is 0.0672. The van der Waals surface area contributed by atoms with E-state index >= 15 is 0 Å². The van der Waals surface area contributed by atoms with Crippen LogP contribution in [0.3, 0.4) is 0 Å². The van der Waals surface area contributed by atoms with Gasteiger partial charge in [-0.25, -0.2) is 0 Å². The second kappa shape index (κ2) is 8.87. The number of carbonyl (C=O) groups excluding carboxylic acids is 2. The van der Waals surface area contributed by atoms with Gasteiger partial charge in [0.15, 0.2) is 0 Å². The number of carbonyl (C=O) groups is 2. The van der Waals surface area contributed by atoms with Gasteiger partial charge in [0.2, 0.25) is 0 Å². The standard InChI is InChI=1S/C20H23NO4/c1-4-25-19(22)13-18(15-8-10-17(24-3)11-9-15)21-20(23)16-7-5-6-14(2)12-16/h5-12,18H,4,13H2,1-3H3,(H,21,23)/t18-/m1/s1. The lowest BCUT2D eigenvalue weighted by atomic mass is 10.0. The number of esters is 1. The first-order chi connectivity index (χ1) is 12.0. The molecule has 0 aliphatic carbocycles. The number of rotatable bonds is 7. The third-order valence-corrected chi connectivity index (χ3v) is 3.78. The molecular weight excluding hydrogens is 318 g/mol. The molecule has 25 heavy (non-hydrogen) atoms. The zero-order chi connectivity index (χ0) is 18.2. The zero-order valence-corrected chi connectivity index (χ0v) is 14.7. The van der Waals surface area contributed by atoms with Crippen LogP contribution in [-0.2, 0) is 9.53 Å². The van der Waals surface area contributed by atoms with Gasteiger partial charge in [0.05, 0.1) is 26.2 Å². The largest absolute Gasteiger partial charge is 0.497 e. The summed E-state index contributed by atoms with van der Waals surface area (Å²) in [4.78, 5) is 24.5. The van der Waals surface area contributed by atoms with Crippen LogP contribution in [-0.4, -0.2) is 25.6 Å². The molecule has 2 aromatic rings. The maximum atomic E-state index is 12.6. The predicted molar refractivity (Wildman–Crippen MR) is 95.6 cm³/mol. The summed E-state index contributed by atoms with van der Waals surface area (Å²) >= 11 is 0. The molecular formula is C20H23NO4. The number of nitrogens with one attached hydrogen (secondary N) is 1. The van der Waals surface area contributed by atoms with Crippen molar-refractivity contribution in [2.24, 2.45) is 0 Å². The first-order valence-corrected chi connectivity index (χ1v) is 8.20. The smallest absolute Gasteiger partial charge is 0.308 e. The van der Waals surface area contributed by atoms with E-state index in [9.17, 15) is 9.59 Å². The van der Waals surface area contributed by atoms with Crippen molar-refractivity contribution in [3.8, 4) is 5.75 Å². The van der Waals surface area contributed by atoms with Crippen LogP contribution >= 0.6 is 0 Å². The molecule has 132 valence electrons. The molecule has 1 amide bonds. The highest BCUT2D eigenvalue weighted by Crippen LogP contribution is 2.21. The zero-order valence-electron chi connectivity index (χ0n) is 14.7. The second-order valence-electron chi connectivity index (χ2n) is 5.68. The van der Waals surface area contributed by atoms with Crippen LogP contribution in [0, 0.1) is 6.92 Å². The molecule has 0 bridgehead atoms. The van der Waals surface area contributed by atoms with Crippen molar-refractivity contribution in [1.29, 1.82) is 0 Å². The molecule has 1 N–H and O–H groups in total. The topological polar surface area (TPSA) is 64.6 Å². The molecule has 0 aromatic heterocycles. The molecule has 0 spiro atoms. The first kappa shape index (κ1) is 18.5. The average molecular weight is 341 g/mol. The Kier molecular flexibility index (Phi) is 6.57. The number of methoxy groups -OCH3 is 1. The van der Waals surface area contributed by atoms with Gasteiger partial charge < -0.3 is 14.8 Å². The van der Waals surface area contributed by atoms with E-state index in [1.165, 1.54) is 0 Å². The molecule has 0 unspecified atom stereocenters. The van der Waals surface area contributed by atoms with Crippen molar-refractivity contribution in [3.63, 3.8) is 0 Å². The molecule has 5 heteroatoms. The van der Waals surface area contributed by atoms with Crippen LogP contribution in [0.2, 0.25) is 0 Å². The molecule has 0 aliphatic heterocycles. The number of hydrogen-bond acceptors (Lipinski definition) is 4. The fourth-order valence-corrected chi connectivity index (χ4v) is 2.50. The van der Waals surface area contributed by atoms with Crippen molar-refractivity contribution >= 4 is 11.9 Å². The Morgan fingerprint density at radius 3 is 2.44 bits per heavy atom. The summed E-state index contributed by atoms with van der Waals surface area (Å²) in [7, 11) is 1.59. The van der Waals surface area contributed by atoms with E-state index in [-0.39, 0.29) is 18.3 Å². The number of aryl methyl sites for hydroxylation is 1. The van der Waals surface area contributed by atoms with Crippen LogP contribution in [0.5, 0.6) is 5.75 Å². The van der Waals surface area contributed by atoms with Crippen molar-refractivity contribution in [2.75, 3.05) is 13.7 Å². The predicted octanol–water partition coefficient (Wildman–Crippen LogP) is 3.43. The van der Waals surface area contributed by atoms with Gasteiger partial charge in [-0.3, -0.25) is 9.59 Å². The molecule has 0 fully saturated rings. The van der Waals surface area contributed by atoms with E-state index in [2.05, 4.69) is 5.32 Å². The van der Waals surface area contributed by atoms with Crippen LogP contribution in [0.1, 0.15) is 40.9 Å². The Morgan fingerprint density at radius 2 is 1.84 bits per heavy atom. The third kappa shape index (κ3) is 5.35. The van der Waals surface area contributed by atoms with Gasteiger partial charge in [-0.2, -0.15) is 0 Å². The minimum Gasteiger partial charge on any atom is -0.497 e. The van der Waals surface area contributed by atoms with Crippen LogP contribution in [0.15, 0.2) is 48.5 Å². The minimum atomic E-state index is -0.474. The third-order valence-electron chi connectivity index (χ3n) is 3.78. The van der Waals surface area contributed by atoms with Gasteiger partial charge in [-0.1, -0.05) is 29.8 Å². The van der Waals surface area contributed by atoms with Crippen LogP contribution < -0.4 is 10.1 Å². The van der Waals surface area contributed by atoms with Gasteiger partial charge in [0, 0.05) is 5.56 Å². The number of amides is 1. The SMILES string of the molecule is CCOC(=O)C[C@@H](NC(=O)c1cccc(C)c1)c1ccc(OC)cc1. The number of benzene rings is 2. The Morgan fingerprint density at radius 1 is 1.12 bits per heavy atom. The lowest BCUT2D eigenvalue weighted by Gasteiger charge is -2.19. The monoisotopic (exact) mass is 341 g/mol. The highest BCUT2D eigenvalue weighted by Gasteiger charge is 2.20. The van der Waals surface area contributed by atoms with Crippen LogP contribution in [0.25, 0.3) is 0 Å². The molecule has 0 aliphatic rings. The maximum absolute atomic E-state index is 12.6. The molecule has 1 atom stereocenters. The van der Waals surface area contributed by atoms with E-state index < -0.39 is 6.04 Å². The van der Waals surface area contributed by atoms with E-state index in [4.69, 9.17) is 9.47 Å². The Bertz CT molecular complexity index is 725. The maximum Gasteiger partial charge on any atom is 0.308 e. The summed E-state index contributed by atoms with van der Waals surface area (Å²) in [6, 6.07) is 14.1. The Balaban J connectivity index is 2.20. The molecule has 0 heterocycles. The molecule has 0 radical (unpaired) electrons. The van der Waals surface area contributed by atoms with E-state index in [0.717, 1.165) is 11.1 Å². The van der Waals surface area contributed by atoms with Crippen LogP contribution in [0.4, 0.5) is 0 Å². The van der Waals surface area contributed by atoms with Gasteiger partial charge in [0.1, 0.15) is 5.75 Å². The summed E-state index contributed by atoms with van der Waals surface area (Å²) in [6.45, 7) is 3.99. The van der Waals surface area contributed by atoms with Crippen molar-refractivity contribution in [2.45, 2.75) is 26.3 Å². The highest BCUT2D eigenvalue weighted by atomic mass is 16.5. The Labute approximate surface area is 148 Å². The molecule has 0 saturated heterocycles. The molecule has 5 nitrogen and oxygen atoms in total. The normalized spacial score (nSPS) is 11.5. The van der Waals surface area contributed by atoms with Crippen molar-refractivity contribution < 1.29 is 19.1 Å². The number of hydrogen-bond donors (Lipinski definition) is 1. The van der Waals surface area contributed by atoms with E-state index in [0.29, 0.717) is 17.9 Å².